The van der Waals surface area contributed by atoms with Gasteiger partial charge in [-0.2, -0.15) is 13.2 Å². The van der Waals surface area contributed by atoms with E-state index in [1.807, 2.05) is 0 Å². The maximum absolute atomic E-state index is 13.2. The van der Waals surface area contributed by atoms with Crippen LogP contribution in [0.15, 0.2) is 53.4 Å². The topological polar surface area (TPSA) is 75.7 Å². The predicted octanol–water partition coefficient (Wildman–Crippen LogP) is 3.36. The Hall–Kier alpha value is -2.59. The largest absolute Gasteiger partial charge is 0.497 e. The molecule has 10 heteroatoms. The molecular weight excluding hydrogens is 421 g/mol. The van der Waals surface area contributed by atoms with Crippen LogP contribution < -0.4 is 9.46 Å². The Morgan fingerprint density at radius 3 is 2.43 bits per heavy atom. The van der Waals surface area contributed by atoms with Crippen LogP contribution >= 0.6 is 0 Å². The molecule has 2 aromatic rings. The summed E-state index contributed by atoms with van der Waals surface area (Å²) in [5.74, 6) is 0.307. The van der Waals surface area contributed by atoms with E-state index in [0.29, 0.717) is 25.1 Å². The van der Waals surface area contributed by atoms with E-state index < -0.39 is 27.8 Å². The maximum atomic E-state index is 13.2. The van der Waals surface area contributed by atoms with Crippen LogP contribution in [0.5, 0.6) is 5.75 Å². The molecule has 1 amide bonds. The molecule has 0 bridgehead atoms. The molecule has 0 spiro atoms. The first-order valence-electron chi connectivity index (χ1n) is 9.21. The fraction of sp³-hybridized carbons (Fsp3) is 0.350. The SMILES string of the molecule is COc1ccc(S(=O)(=O)NC(CN2CCCC2=O)c2cccc(C(F)(F)F)c2)cc1. The third-order valence-corrected chi connectivity index (χ3v) is 6.35. The van der Waals surface area contributed by atoms with Gasteiger partial charge < -0.3 is 9.64 Å². The summed E-state index contributed by atoms with van der Waals surface area (Å²) in [6.45, 7) is 0.369. The lowest BCUT2D eigenvalue weighted by Crippen LogP contribution is -2.38. The molecule has 30 heavy (non-hydrogen) atoms. The van der Waals surface area contributed by atoms with Gasteiger partial charge in [0.05, 0.1) is 23.6 Å². The van der Waals surface area contributed by atoms with Crippen molar-refractivity contribution in [2.75, 3.05) is 20.2 Å². The summed E-state index contributed by atoms with van der Waals surface area (Å²) in [7, 11) is -2.62. The highest BCUT2D eigenvalue weighted by molar-refractivity contribution is 7.89. The molecule has 1 N–H and O–H groups in total. The lowest BCUT2D eigenvalue weighted by Gasteiger charge is -2.25. The molecule has 1 heterocycles. The smallest absolute Gasteiger partial charge is 0.416 e. The third-order valence-electron chi connectivity index (χ3n) is 4.86. The molecule has 1 saturated heterocycles. The Kier molecular flexibility index (Phi) is 6.37. The summed E-state index contributed by atoms with van der Waals surface area (Å²) in [6, 6.07) is 9.03. The summed E-state index contributed by atoms with van der Waals surface area (Å²) in [6.07, 6.45) is -3.61. The average molecular weight is 442 g/mol. The van der Waals surface area contributed by atoms with Crippen LogP contribution in [-0.4, -0.2) is 39.4 Å². The van der Waals surface area contributed by atoms with Gasteiger partial charge in [-0.15, -0.1) is 0 Å². The quantitative estimate of drug-likeness (QED) is 0.714. The number of alkyl halides is 3. The van der Waals surface area contributed by atoms with E-state index in [9.17, 15) is 26.4 Å². The third kappa shape index (κ3) is 5.11. The van der Waals surface area contributed by atoms with Gasteiger partial charge in [0, 0.05) is 19.5 Å². The second-order valence-electron chi connectivity index (χ2n) is 6.92. The van der Waals surface area contributed by atoms with E-state index in [1.54, 1.807) is 0 Å². The van der Waals surface area contributed by atoms with Crippen LogP contribution in [0, 0.1) is 0 Å². The van der Waals surface area contributed by atoms with E-state index in [1.165, 1.54) is 48.4 Å². The molecule has 6 nitrogen and oxygen atoms in total. The summed E-state index contributed by atoms with van der Waals surface area (Å²) in [4.78, 5) is 13.4. The Bertz CT molecular complexity index is 1010. The van der Waals surface area contributed by atoms with Crippen molar-refractivity contribution in [3.8, 4) is 5.75 Å². The van der Waals surface area contributed by atoms with E-state index in [2.05, 4.69) is 4.72 Å². The molecule has 1 fully saturated rings. The van der Waals surface area contributed by atoms with Crippen molar-refractivity contribution in [2.24, 2.45) is 0 Å². The standard InChI is InChI=1S/C20H21F3N2O4S/c1-29-16-7-9-17(10-8-16)30(27,28)24-18(13-25-11-3-6-19(25)26)14-4-2-5-15(12-14)20(21,22)23/h2,4-5,7-10,12,18,24H,3,6,11,13H2,1H3. The Balaban J connectivity index is 1.94. The van der Waals surface area contributed by atoms with Gasteiger partial charge in [-0.05, 0) is 48.4 Å². The molecule has 1 aliphatic heterocycles. The number of sulfonamides is 1. The van der Waals surface area contributed by atoms with Gasteiger partial charge in [-0.25, -0.2) is 13.1 Å². The van der Waals surface area contributed by atoms with Gasteiger partial charge in [0.2, 0.25) is 15.9 Å². The normalized spacial score (nSPS) is 16.0. The highest BCUT2D eigenvalue weighted by Gasteiger charge is 2.33. The first-order valence-corrected chi connectivity index (χ1v) is 10.7. The number of benzene rings is 2. The molecule has 162 valence electrons. The number of halogens is 3. The number of carbonyl (C=O) groups is 1. The van der Waals surface area contributed by atoms with Crippen LogP contribution in [-0.2, 0) is 21.0 Å². The van der Waals surface area contributed by atoms with Crippen LogP contribution in [0.2, 0.25) is 0 Å². The fourth-order valence-electron chi connectivity index (χ4n) is 3.27. The average Bonchev–Trinajstić information content (AvgIpc) is 3.11. The van der Waals surface area contributed by atoms with Crippen molar-refractivity contribution in [1.29, 1.82) is 0 Å². The second-order valence-corrected chi connectivity index (χ2v) is 8.63. The minimum Gasteiger partial charge on any atom is -0.497 e. The highest BCUT2D eigenvalue weighted by atomic mass is 32.2. The molecule has 0 radical (unpaired) electrons. The molecule has 3 rings (SSSR count). The number of nitrogens with one attached hydrogen (secondary N) is 1. The zero-order chi connectivity index (χ0) is 21.9. The molecule has 0 aromatic heterocycles. The van der Waals surface area contributed by atoms with Crippen molar-refractivity contribution in [2.45, 2.75) is 30.0 Å². The van der Waals surface area contributed by atoms with Gasteiger partial charge >= 0.3 is 6.18 Å². The van der Waals surface area contributed by atoms with Crippen LogP contribution in [0.1, 0.15) is 30.0 Å². The maximum Gasteiger partial charge on any atom is 0.416 e. The monoisotopic (exact) mass is 442 g/mol. The molecular formula is C20H21F3N2O4S. The van der Waals surface area contributed by atoms with Gasteiger partial charge in [0.15, 0.2) is 0 Å². The van der Waals surface area contributed by atoms with E-state index in [4.69, 9.17) is 4.74 Å². The van der Waals surface area contributed by atoms with Gasteiger partial charge in [-0.1, -0.05) is 12.1 Å². The van der Waals surface area contributed by atoms with E-state index in [-0.39, 0.29) is 22.9 Å². The molecule has 1 unspecified atom stereocenters. The molecule has 0 saturated carbocycles. The van der Waals surface area contributed by atoms with Crippen molar-refractivity contribution in [3.63, 3.8) is 0 Å². The Morgan fingerprint density at radius 1 is 1.17 bits per heavy atom. The molecule has 2 aromatic carbocycles. The van der Waals surface area contributed by atoms with E-state index in [0.717, 1.165) is 12.1 Å². The number of methoxy groups -OCH3 is 1. The predicted molar refractivity (Wildman–Crippen MR) is 103 cm³/mol. The van der Waals surface area contributed by atoms with Crippen LogP contribution in [0.25, 0.3) is 0 Å². The Labute approximate surface area is 172 Å². The number of ether oxygens (including phenoxy) is 1. The highest BCUT2D eigenvalue weighted by Crippen LogP contribution is 2.31. The van der Waals surface area contributed by atoms with Gasteiger partial charge in [0.25, 0.3) is 0 Å². The second kappa shape index (κ2) is 8.65. The number of likely N-dealkylation sites (tertiary alicyclic amines) is 1. The Morgan fingerprint density at radius 2 is 1.87 bits per heavy atom. The first kappa shape index (κ1) is 22.1. The number of hydrogen-bond acceptors (Lipinski definition) is 4. The minimum atomic E-state index is -4.57. The van der Waals surface area contributed by atoms with Gasteiger partial charge in [-0.3, -0.25) is 4.79 Å². The van der Waals surface area contributed by atoms with Gasteiger partial charge in [0.1, 0.15) is 5.75 Å². The summed E-state index contributed by atoms with van der Waals surface area (Å²) >= 11 is 0. The summed E-state index contributed by atoms with van der Waals surface area (Å²) in [5, 5.41) is 0. The molecule has 1 atom stereocenters. The van der Waals surface area contributed by atoms with Crippen LogP contribution in [0.3, 0.4) is 0 Å². The molecule has 1 aliphatic rings. The number of nitrogens with zero attached hydrogens (tertiary/aromatic N) is 1. The zero-order valence-corrected chi connectivity index (χ0v) is 17.0. The van der Waals surface area contributed by atoms with Crippen molar-refractivity contribution < 1.29 is 31.1 Å². The lowest BCUT2D eigenvalue weighted by atomic mass is 10.0. The summed E-state index contributed by atoms with van der Waals surface area (Å²) < 4.78 is 72.7. The van der Waals surface area contributed by atoms with Crippen molar-refractivity contribution in [1.82, 2.24) is 9.62 Å². The minimum absolute atomic E-state index is 0.0600. The number of carbonyl (C=O) groups excluding carboxylic acids is 1. The molecule has 0 aliphatic carbocycles. The number of hydrogen-bond donors (Lipinski definition) is 1. The van der Waals surface area contributed by atoms with Crippen molar-refractivity contribution in [3.05, 3.63) is 59.7 Å². The zero-order valence-electron chi connectivity index (χ0n) is 16.1. The van der Waals surface area contributed by atoms with E-state index >= 15 is 0 Å². The number of rotatable bonds is 7. The van der Waals surface area contributed by atoms with Crippen molar-refractivity contribution >= 4 is 15.9 Å². The fourth-order valence-corrected chi connectivity index (χ4v) is 4.49. The van der Waals surface area contributed by atoms with Crippen LogP contribution in [0.4, 0.5) is 13.2 Å². The first-order chi connectivity index (χ1) is 14.1. The lowest BCUT2D eigenvalue weighted by molar-refractivity contribution is -0.137. The summed E-state index contributed by atoms with van der Waals surface area (Å²) in [5.41, 5.74) is -0.761. The number of amides is 1.